The highest BCUT2D eigenvalue weighted by molar-refractivity contribution is 9.10. The van der Waals surface area contributed by atoms with E-state index in [1.807, 2.05) is 6.07 Å². The minimum Gasteiger partial charge on any atom is -0.314 e. The van der Waals surface area contributed by atoms with Gasteiger partial charge in [-0.15, -0.1) is 24.8 Å². The molecule has 0 aromatic heterocycles. The molecule has 21 heavy (non-hydrogen) atoms. The van der Waals surface area contributed by atoms with Crippen molar-refractivity contribution in [1.29, 1.82) is 0 Å². The number of halogens is 4. The van der Waals surface area contributed by atoms with E-state index in [-0.39, 0.29) is 30.6 Å². The van der Waals surface area contributed by atoms with Gasteiger partial charge in [-0.3, -0.25) is 4.90 Å². The summed E-state index contributed by atoms with van der Waals surface area (Å²) < 4.78 is 14.2. The Morgan fingerprint density at radius 2 is 1.90 bits per heavy atom. The van der Waals surface area contributed by atoms with Gasteiger partial charge in [0.1, 0.15) is 5.82 Å². The second kappa shape index (κ2) is 10.0. The summed E-state index contributed by atoms with van der Waals surface area (Å²) in [5, 5.41) is 3.39. The molecule has 1 saturated heterocycles. The molecule has 0 amide bonds. The number of benzene rings is 1. The summed E-state index contributed by atoms with van der Waals surface area (Å²) in [7, 11) is 0. The first kappa shape index (κ1) is 21.1. The molecule has 0 spiro atoms. The SMILES string of the molecule is CCC(C)[C@H](c1ccc(F)cc1Br)N1CCNCC1.Cl.Cl. The molecule has 0 bridgehead atoms. The van der Waals surface area contributed by atoms with E-state index in [1.165, 1.54) is 5.56 Å². The molecule has 2 atom stereocenters. The normalized spacial score (nSPS) is 18.3. The van der Waals surface area contributed by atoms with Crippen LogP contribution in [0.2, 0.25) is 0 Å². The van der Waals surface area contributed by atoms with E-state index in [2.05, 4.69) is 40.0 Å². The summed E-state index contributed by atoms with van der Waals surface area (Å²) in [6, 6.07) is 5.44. The Balaban J connectivity index is 0.00000200. The predicted molar refractivity (Wildman–Crippen MR) is 95.2 cm³/mol. The molecule has 0 aliphatic carbocycles. The van der Waals surface area contributed by atoms with Crippen molar-refractivity contribution in [2.24, 2.45) is 5.92 Å². The molecule has 1 aromatic rings. The summed E-state index contributed by atoms with van der Waals surface area (Å²) in [5.74, 6) is 0.374. The van der Waals surface area contributed by atoms with Gasteiger partial charge in [-0.2, -0.15) is 0 Å². The molecule has 1 aromatic carbocycles. The fourth-order valence-corrected chi connectivity index (χ4v) is 3.37. The Hall–Kier alpha value is 0.130. The van der Waals surface area contributed by atoms with Gasteiger partial charge in [0, 0.05) is 36.7 Å². The molecule has 6 heteroatoms. The van der Waals surface area contributed by atoms with Crippen LogP contribution in [0.15, 0.2) is 22.7 Å². The first-order chi connectivity index (χ1) is 9.13. The van der Waals surface area contributed by atoms with Crippen LogP contribution in [-0.4, -0.2) is 31.1 Å². The largest absolute Gasteiger partial charge is 0.314 e. The molecular formula is C15H24BrCl2FN2. The Bertz CT molecular complexity index is 428. The summed E-state index contributed by atoms with van der Waals surface area (Å²) in [6.07, 6.45) is 1.12. The average molecular weight is 402 g/mol. The van der Waals surface area contributed by atoms with Gasteiger partial charge in [0.05, 0.1) is 0 Å². The van der Waals surface area contributed by atoms with Crippen LogP contribution < -0.4 is 5.32 Å². The zero-order chi connectivity index (χ0) is 13.8. The molecule has 122 valence electrons. The molecule has 1 fully saturated rings. The third kappa shape index (κ3) is 5.36. The van der Waals surface area contributed by atoms with Crippen LogP contribution in [0.5, 0.6) is 0 Å². The monoisotopic (exact) mass is 400 g/mol. The van der Waals surface area contributed by atoms with Gasteiger partial charge in [0.2, 0.25) is 0 Å². The Kier molecular flexibility index (Phi) is 10.1. The van der Waals surface area contributed by atoms with Crippen molar-refractivity contribution in [2.75, 3.05) is 26.2 Å². The fraction of sp³-hybridized carbons (Fsp3) is 0.600. The maximum absolute atomic E-state index is 13.3. The lowest BCUT2D eigenvalue weighted by Crippen LogP contribution is -2.46. The van der Waals surface area contributed by atoms with Gasteiger partial charge in [0.15, 0.2) is 0 Å². The number of hydrogen-bond acceptors (Lipinski definition) is 2. The lowest BCUT2D eigenvalue weighted by atomic mass is 9.90. The van der Waals surface area contributed by atoms with Crippen molar-refractivity contribution >= 4 is 40.7 Å². The van der Waals surface area contributed by atoms with Crippen LogP contribution >= 0.6 is 40.7 Å². The van der Waals surface area contributed by atoms with Crippen LogP contribution in [0.3, 0.4) is 0 Å². The smallest absolute Gasteiger partial charge is 0.124 e. The van der Waals surface area contributed by atoms with Crippen LogP contribution in [0.25, 0.3) is 0 Å². The Morgan fingerprint density at radius 3 is 2.43 bits per heavy atom. The molecule has 2 nitrogen and oxygen atoms in total. The van der Waals surface area contributed by atoms with Crippen molar-refractivity contribution in [3.05, 3.63) is 34.1 Å². The number of nitrogens with one attached hydrogen (secondary N) is 1. The predicted octanol–water partition coefficient (Wildman–Crippen LogP) is 4.42. The first-order valence-corrected chi connectivity index (χ1v) is 7.82. The highest BCUT2D eigenvalue weighted by atomic mass is 79.9. The lowest BCUT2D eigenvalue weighted by molar-refractivity contribution is 0.128. The van der Waals surface area contributed by atoms with Gasteiger partial charge >= 0.3 is 0 Å². The number of rotatable bonds is 4. The minimum absolute atomic E-state index is 0. The van der Waals surface area contributed by atoms with E-state index < -0.39 is 0 Å². The molecule has 1 heterocycles. The summed E-state index contributed by atoms with van der Waals surface area (Å²) in [6.45, 7) is 8.68. The van der Waals surface area contributed by atoms with Crippen molar-refractivity contribution in [3.8, 4) is 0 Å². The van der Waals surface area contributed by atoms with Gasteiger partial charge < -0.3 is 5.32 Å². The summed E-state index contributed by atoms with van der Waals surface area (Å²) in [5.41, 5.74) is 1.21. The Labute approximate surface area is 147 Å². The Morgan fingerprint density at radius 1 is 1.29 bits per heavy atom. The van der Waals surface area contributed by atoms with Gasteiger partial charge in [-0.1, -0.05) is 42.3 Å². The maximum Gasteiger partial charge on any atom is 0.124 e. The van der Waals surface area contributed by atoms with E-state index >= 15 is 0 Å². The minimum atomic E-state index is -0.182. The number of nitrogens with zero attached hydrogens (tertiary/aromatic N) is 1. The molecule has 1 N–H and O–H groups in total. The summed E-state index contributed by atoms with van der Waals surface area (Å²) >= 11 is 3.53. The molecular weight excluding hydrogens is 378 g/mol. The highest BCUT2D eigenvalue weighted by Gasteiger charge is 2.27. The van der Waals surface area contributed by atoms with E-state index in [4.69, 9.17) is 0 Å². The quantitative estimate of drug-likeness (QED) is 0.802. The molecule has 1 aliphatic heterocycles. The van der Waals surface area contributed by atoms with Gasteiger partial charge in [-0.25, -0.2) is 4.39 Å². The summed E-state index contributed by atoms with van der Waals surface area (Å²) in [4.78, 5) is 2.52. The standard InChI is InChI=1S/C15H22BrFN2.2ClH/c1-3-11(2)15(19-8-6-18-7-9-19)13-5-4-12(17)10-14(13)16;;/h4-5,10-11,15,18H,3,6-9H2,1-2H3;2*1H/t11?,15-;;/m1../s1. The van der Waals surface area contributed by atoms with Crippen LogP contribution in [0.4, 0.5) is 4.39 Å². The van der Waals surface area contributed by atoms with Crippen molar-refractivity contribution < 1.29 is 4.39 Å². The highest BCUT2D eigenvalue weighted by Crippen LogP contribution is 2.35. The molecule has 2 rings (SSSR count). The van der Waals surface area contributed by atoms with Crippen LogP contribution in [0, 0.1) is 11.7 Å². The van der Waals surface area contributed by atoms with E-state index in [1.54, 1.807) is 12.1 Å². The molecule has 0 saturated carbocycles. The molecule has 1 unspecified atom stereocenters. The average Bonchev–Trinajstić information content (AvgIpc) is 2.42. The molecule has 1 aliphatic rings. The zero-order valence-electron chi connectivity index (χ0n) is 12.4. The van der Waals surface area contributed by atoms with E-state index in [0.717, 1.165) is 37.1 Å². The third-order valence-corrected chi connectivity index (χ3v) is 4.70. The topological polar surface area (TPSA) is 15.3 Å². The first-order valence-electron chi connectivity index (χ1n) is 7.03. The van der Waals surface area contributed by atoms with Crippen molar-refractivity contribution in [3.63, 3.8) is 0 Å². The fourth-order valence-electron chi connectivity index (χ4n) is 2.79. The van der Waals surface area contributed by atoms with Crippen LogP contribution in [-0.2, 0) is 0 Å². The zero-order valence-corrected chi connectivity index (χ0v) is 15.7. The second-order valence-corrected chi connectivity index (χ2v) is 6.14. The third-order valence-electron chi connectivity index (χ3n) is 4.01. The maximum atomic E-state index is 13.3. The van der Waals surface area contributed by atoms with E-state index in [9.17, 15) is 4.39 Å². The van der Waals surface area contributed by atoms with Gasteiger partial charge in [0.25, 0.3) is 0 Å². The second-order valence-electron chi connectivity index (χ2n) is 5.28. The van der Waals surface area contributed by atoms with E-state index in [0.29, 0.717) is 12.0 Å². The van der Waals surface area contributed by atoms with Crippen molar-refractivity contribution in [2.45, 2.75) is 26.3 Å². The van der Waals surface area contributed by atoms with Crippen molar-refractivity contribution in [1.82, 2.24) is 10.2 Å². The number of hydrogen-bond donors (Lipinski definition) is 1. The van der Waals surface area contributed by atoms with Gasteiger partial charge in [-0.05, 0) is 23.6 Å². The lowest BCUT2D eigenvalue weighted by Gasteiger charge is -2.39. The number of piperazine rings is 1. The van der Waals surface area contributed by atoms with Crippen LogP contribution in [0.1, 0.15) is 31.9 Å². The molecule has 0 radical (unpaired) electrons.